The molecule has 0 heterocycles. The summed E-state index contributed by atoms with van der Waals surface area (Å²) in [4.78, 5) is 15.2. The maximum Gasteiger partial charge on any atom is 0.221 e. The average Bonchev–Trinajstić information content (AvgIpc) is 2.32. The molecular formula is C13H18N2O3. The van der Waals surface area contributed by atoms with Crippen LogP contribution in [0.4, 0.5) is 11.4 Å². The van der Waals surface area contributed by atoms with Gasteiger partial charge in [-0.15, -0.1) is 0 Å². The van der Waals surface area contributed by atoms with Gasteiger partial charge in [0.05, 0.1) is 24.6 Å². The van der Waals surface area contributed by atoms with Crippen LogP contribution in [0.1, 0.15) is 20.8 Å². The number of nitrogens with one attached hydrogen (secondary N) is 1. The lowest BCUT2D eigenvalue weighted by Crippen LogP contribution is -2.07. The van der Waals surface area contributed by atoms with E-state index in [0.29, 0.717) is 30.3 Å². The molecule has 0 aliphatic rings. The van der Waals surface area contributed by atoms with E-state index in [1.807, 2.05) is 13.8 Å². The molecule has 1 rings (SSSR count). The van der Waals surface area contributed by atoms with Gasteiger partial charge in [0, 0.05) is 13.0 Å². The molecule has 5 nitrogen and oxygen atoms in total. The fraction of sp³-hybridized carbons (Fsp3) is 0.385. The molecular weight excluding hydrogens is 232 g/mol. The quantitative estimate of drug-likeness (QED) is 0.623. The normalized spacial score (nSPS) is 10.4. The highest BCUT2D eigenvalue weighted by Gasteiger charge is 2.05. The van der Waals surface area contributed by atoms with Crippen molar-refractivity contribution in [3.05, 3.63) is 18.2 Å². The minimum Gasteiger partial charge on any atom is -0.492 e. The summed E-state index contributed by atoms with van der Waals surface area (Å²) >= 11 is 0. The standard InChI is InChI=1S/C13H18N2O3/c1-4-17-9-14-11-6-7-12(15-10(3)16)13(8-11)18-5-2/h6-9H,4-5H2,1-3H3,(H,15,16)/b14-9+. The fourth-order valence-corrected chi connectivity index (χ4v) is 1.33. The van der Waals surface area contributed by atoms with Crippen molar-refractivity contribution in [1.29, 1.82) is 0 Å². The van der Waals surface area contributed by atoms with Crippen LogP contribution in [0, 0.1) is 0 Å². The summed E-state index contributed by atoms with van der Waals surface area (Å²) in [5.41, 5.74) is 1.35. The monoisotopic (exact) mass is 250 g/mol. The summed E-state index contributed by atoms with van der Waals surface area (Å²) in [6.07, 6.45) is 1.39. The zero-order valence-corrected chi connectivity index (χ0v) is 10.9. The number of hydrogen-bond donors (Lipinski definition) is 1. The van der Waals surface area contributed by atoms with Gasteiger partial charge in [0.2, 0.25) is 5.91 Å². The Bertz CT molecular complexity index is 430. The van der Waals surface area contributed by atoms with E-state index in [2.05, 4.69) is 10.3 Å². The van der Waals surface area contributed by atoms with Gasteiger partial charge >= 0.3 is 0 Å². The van der Waals surface area contributed by atoms with Crippen molar-refractivity contribution in [2.45, 2.75) is 20.8 Å². The van der Waals surface area contributed by atoms with Gasteiger partial charge in [0.25, 0.3) is 0 Å². The zero-order valence-electron chi connectivity index (χ0n) is 10.9. The molecule has 1 amide bonds. The molecule has 98 valence electrons. The number of nitrogens with zero attached hydrogens (tertiary/aromatic N) is 1. The van der Waals surface area contributed by atoms with Crippen molar-refractivity contribution in [2.24, 2.45) is 4.99 Å². The number of anilines is 1. The fourth-order valence-electron chi connectivity index (χ4n) is 1.33. The van der Waals surface area contributed by atoms with Crippen molar-refractivity contribution in [3.8, 4) is 5.75 Å². The summed E-state index contributed by atoms with van der Waals surface area (Å²) in [5, 5.41) is 2.71. The second-order valence-corrected chi connectivity index (χ2v) is 3.48. The van der Waals surface area contributed by atoms with Gasteiger partial charge in [-0.05, 0) is 26.0 Å². The number of aliphatic imine (C=N–C) groups is 1. The van der Waals surface area contributed by atoms with E-state index in [1.54, 1.807) is 18.2 Å². The third kappa shape index (κ3) is 4.45. The minimum absolute atomic E-state index is 0.137. The average molecular weight is 250 g/mol. The first-order valence-corrected chi connectivity index (χ1v) is 5.86. The van der Waals surface area contributed by atoms with Gasteiger partial charge in [0.1, 0.15) is 5.75 Å². The zero-order chi connectivity index (χ0) is 13.4. The Labute approximate surface area is 107 Å². The van der Waals surface area contributed by atoms with E-state index in [9.17, 15) is 4.79 Å². The number of hydrogen-bond acceptors (Lipinski definition) is 4. The molecule has 0 aliphatic carbocycles. The van der Waals surface area contributed by atoms with Crippen molar-refractivity contribution in [2.75, 3.05) is 18.5 Å². The first-order valence-electron chi connectivity index (χ1n) is 5.86. The van der Waals surface area contributed by atoms with Crippen molar-refractivity contribution in [1.82, 2.24) is 0 Å². The molecule has 1 N–H and O–H groups in total. The summed E-state index contributed by atoms with van der Waals surface area (Å²) in [5.74, 6) is 0.459. The molecule has 1 aromatic rings. The Morgan fingerprint density at radius 2 is 2.17 bits per heavy atom. The van der Waals surface area contributed by atoms with E-state index in [1.165, 1.54) is 13.3 Å². The third-order valence-corrected chi connectivity index (χ3v) is 2.02. The lowest BCUT2D eigenvalue weighted by atomic mass is 10.2. The van der Waals surface area contributed by atoms with E-state index in [-0.39, 0.29) is 5.91 Å². The Morgan fingerprint density at radius 3 is 2.78 bits per heavy atom. The number of rotatable bonds is 6. The number of carbonyl (C=O) groups is 1. The van der Waals surface area contributed by atoms with Crippen molar-refractivity contribution in [3.63, 3.8) is 0 Å². The van der Waals surface area contributed by atoms with E-state index in [0.717, 1.165) is 0 Å². The van der Waals surface area contributed by atoms with Crippen LogP contribution in [-0.4, -0.2) is 25.5 Å². The number of carbonyl (C=O) groups excluding carboxylic acids is 1. The highest BCUT2D eigenvalue weighted by atomic mass is 16.5. The SMILES string of the molecule is CCO/C=N/c1ccc(NC(C)=O)c(OCC)c1. The summed E-state index contributed by atoms with van der Waals surface area (Å²) < 4.78 is 10.5. The molecule has 0 saturated heterocycles. The van der Waals surface area contributed by atoms with E-state index >= 15 is 0 Å². The second kappa shape index (κ2) is 7.32. The lowest BCUT2D eigenvalue weighted by Gasteiger charge is -2.10. The van der Waals surface area contributed by atoms with Gasteiger partial charge in [0.15, 0.2) is 6.40 Å². The van der Waals surface area contributed by atoms with Crippen LogP contribution in [0.3, 0.4) is 0 Å². The number of amides is 1. The Kier molecular flexibility index (Phi) is 5.70. The maximum absolute atomic E-state index is 11.0. The van der Waals surface area contributed by atoms with E-state index < -0.39 is 0 Å². The van der Waals surface area contributed by atoms with Crippen LogP contribution in [0.2, 0.25) is 0 Å². The van der Waals surface area contributed by atoms with Crippen LogP contribution < -0.4 is 10.1 Å². The van der Waals surface area contributed by atoms with Crippen molar-refractivity contribution >= 4 is 23.7 Å². The molecule has 0 bridgehead atoms. The molecule has 0 unspecified atom stereocenters. The molecule has 5 heteroatoms. The largest absolute Gasteiger partial charge is 0.492 e. The Hall–Kier alpha value is -2.04. The highest BCUT2D eigenvalue weighted by Crippen LogP contribution is 2.29. The summed E-state index contributed by atoms with van der Waals surface area (Å²) in [7, 11) is 0. The summed E-state index contributed by atoms with van der Waals surface area (Å²) in [6.45, 7) is 6.32. The van der Waals surface area contributed by atoms with Gasteiger partial charge in [-0.3, -0.25) is 4.79 Å². The molecule has 0 saturated carbocycles. The van der Waals surface area contributed by atoms with Gasteiger partial charge in [-0.25, -0.2) is 4.99 Å². The van der Waals surface area contributed by atoms with Crippen LogP contribution in [-0.2, 0) is 9.53 Å². The van der Waals surface area contributed by atoms with Crippen LogP contribution >= 0.6 is 0 Å². The van der Waals surface area contributed by atoms with Crippen LogP contribution in [0.25, 0.3) is 0 Å². The topological polar surface area (TPSA) is 59.9 Å². The van der Waals surface area contributed by atoms with Crippen LogP contribution in [0.15, 0.2) is 23.2 Å². The Morgan fingerprint density at radius 1 is 1.39 bits per heavy atom. The number of benzene rings is 1. The van der Waals surface area contributed by atoms with Gasteiger partial charge < -0.3 is 14.8 Å². The molecule has 0 aromatic heterocycles. The minimum atomic E-state index is -0.137. The molecule has 1 aromatic carbocycles. The lowest BCUT2D eigenvalue weighted by molar-refractivity contribution is -0.114. The van der Waals surface area contributed by atoms with Gasteiger partial charge in [-0.2, -0.15) is 0 Å². The second-order valence-electron chi connectivity index (χ2n) is 3.48. The summed E-state index contributed by atoms with van der Waals surface area (Å²) in [6, 6.07) is 5.29. The highest BCUT2D eigenvalue weighted by molar-refractivity contribution is 5.90. The van der Waals surface area contributed by atoms with Gasteiger partial charge in [-0.1, -0.05) is 0 Å². The van der Waals surface area contributed by atoms with Crippen LogP contribution in [0.5, 0.6) is 5.75 Å². The molecule has 18 heavy (non-hydrogen) atoms. The maximum atomic E-state index is 11.0. The third-order valence-electron chi connectivity index (χ3n) is 2.02. The molecule has 0 fully saturated rings. The number of ether oxygens (including phenoxy) is 2. The molecule has 0 aliphatic heterocycles. The smallest absolute Gasteiger partial charge is 0.221 e. The Balaban J connectivity index is 2.91. The molecule has 0 radical (unpaired) electrons. The molecule has 0 atom stereocenters. The van der Waals surface area contributed by atoms with E-state index in [4.69, 9.17) is 9.47 Å². The first-order chi connectivity index (χ1) is 8.67. The predicted molar refractivity (Wildman–Crippen MR) is 71.7 cm³/mol. The first kappa shape index (κ1) is 14.0. The molecule has 0 spiro atoms. The van der Waals surface area contributed by atoms with Crippen molar-refractivity contribution < 1.29 is 14.3 Å². The predicted octanol–water partition coefficient (Wildman–Crippen LogP) is 2.74.